The summed E-state index contributed by atoms with van der Waals surface area (Å²) in [5.74, 6) is -0.217. The van der Waals surface area contributed by atoms with Gasteiger partial charge in [0.2, 0.25) is 15.9 Å². The predicted molar refractivity (Wildman–Crippen MR) is 105 cm³/mol. The van der Waals surface area contributed by atoms with Gasteiger partial charge in [-0.25, -0.2) is 13.1 Å². The molecule has 0 saturated heterocycles. The standard InChI is InChI=1S/C20H26N2O4S/c1-15-8-9-19(16(2)12-15)27(24,25)22-11-10-20(23)21-13-17-6-4-5-7-18(17)14-26-3/h4-9,12,22H,10-11,13-14H2,1-3H3,(H,21,23). The van der Waals surface area contributed by atoms with Crippen molar-refractivity contribution in [1.82, 2.24) is 10.0 Å². The van der Waals surface area contributed by atoms with E-state index in [9.17, 15) is 13.2 Å². The molecule has 6 nitrogen and oxygen atoms in total. The molecule has 0 aliphatic heterocycles. The number of carbonyl (C=O) groups excluding carboxylic acids is 1. The number of carbonyl (C=O) groups is 1. The van der Waals surface area contributed by atoms with Crippen molar-refractivity contribution in [1.29, 1.82) is 0 Å². The van der Waals surface area contributed by atoms with Gasteiger partial charge in [0, 0.05) is 26.6 Å². The molecule has 0 aromatic heterocycles. The van der Waals surface area contributed by atoms with Crippen molar-refractivity contribution in [2.75, 3.05) is 13.7 Å². The summed E-state index contributed by atoms with van der Waals surface area (Å²) in [5.41, 5.74) is 3.67. The van der Waals surface area contributed by atoms with E-state index in [1.807, 2.05) is 37.3 Å². The van der Waals surface area contributed by atoms with Crippen molar-refractivity contribution in [2.45, 2.75) is 38.3 Å². The number of benzene rings is 2. The van der Waals surface area contributed by atoms with E-state index in [2.05, 4.69) is 10.0 Å². The number of amides is 1. The van der Waals surface area contributed by atoms with Crippen LogP contribution in [-0.4, -0.2) is 28.0 Å². The van der Waals surface area contributed by atoms with Gasteiger partial charge in [0.25, 0.3) is 0 Å². The Bertz CT molecular complexity index is 895. The zero-order valence-corrected chi connectivity index (χ0v) is 16.7. The molecule has 1 amide bonds. The van der Waals surface area contributed by atoms with Crippen LogP contribution in [0.15, 0.2) is 47.4 Å². The maximum atomic E-state index is 12.4. The number of ether oxygens (including phenoxy) is 1. The molecule has 2 aromatic carbocycles. The second-order valence-corrected chi connectivity index (χ2v) is 8.13. The Kier molecular flexibility index (Phi) is 7.53. The average Bonchev–Trinajstić information content (AvgIpc) is 2.60. The molecule has 0 radical (unpaired) electrons. The van der Waals surface area contributed by atoms with Crippen molar-refractivity contribution in [3.63, 3.8) is 0 Å². The molecule has 0 unspecified atom stereocenters. The van der Waals surface area contributed by atoms with Gasteiger partial charge >= 0.3 is 0 Å². The Balaban J connectivity index is 1.85. The van der Waals surface area contributed by atoms with Crippen molar-refractivity contribution >= 4 is 15.9 Å². The second-order valence-electron chi connectivity index (χ2n) is 6.40. The quantitative estimate of drug-likeness (QED) is 0.689. The van der Waals surface area contributed by atoms with Crippen LogP contribution in [0.2, 0.25) is 0 Å². The van der Waals surface area contributed by atoms with E-state index in [0.29, 0.717) is 18.7 Å². The second kappa shape index (κ2) is 9.64. The van der Waals surface area contributed by atoms with Crippen LogP contribution in [0.5, 0.6) is 0 Å². The lowest BCUT2D eigenvalue weighted by Crippen LogP contribution is -2.31. The minimum atomic E-state index is -3.63. The fourth-order valence-corrected chi connectivity index (χ4v) is 4.04. The third-order valence-corrected chi connectivity index (χ3v) is 5.78. The molecule has 146 valence electrons. The summed E-state index contributed by atoms with van der Waals surface area (Å²) in [4.78, 5) is 12.3. The molecule has 0 saturated carbocycles. The molecular formula is C20H26N2O4S. The van der Waals surface area contributed by atoms with Crippen molar-refractivity contribution in [3.05, 3.63) is 64.7 Å². The van der Waals surface area contributed by atoms with Crippen LogP contribution in [0.1, 0.15) is 28.7 Å². The average molecular weight is 391 g/mol. The lowest BCUT2D eigenvalue weighted by atomic mass is 10.1. The first-order chi connectivity index (χ1) is 12.8. The van der Waals surface area contributed by atoms with Gasteiger partial charge in [-0.05, 0) is 36.6 Å². The van der Waals surface area contributed by atoms with Gasteiger partial charge in [-0.2, -0.15) is 0 Å². The van der Waals surface area contributed by atoms with Gasteiger partial charge in [0.05, 0.1) is 11.5 Å². The number of methoxy groups -OCH3 is 1. The number of hydrogen-bond donors (Lipinski definition) is 2. The van der Waals surface area contributed by atoms with E-state index in [4.69, 9.17) is 4.74 Å². The highest BCUT2D eigenvalue weighted by Crippen LogP contribution is 2.16. The number of nitrogens with one attached hydrogen (secondary N) is 2. The van der Waals surface area contributed by atoms with E-state index in [1.165, 1.54) is 0 Å². The number of rotatable bonds is 9. The summed E-state index contributed by atoms with van der Waals surface area (Å²) in [6.45, 7) is 4.56. The fourth-order valence-electron chi connectivity index (χ4n) is 2.79. The van der Waals surface area contributed by atoms with E-state index < -0.39 is 10.0 Å². The fraction of sp³-hybridized carbons (Fsp3) is 0.350. The van der Waals surface area contributed by atoms with E-state index in [1.54, 1.807) is 26.2 Å². The summed E-state index contributed by atoms with van der Waals surface area (Å²) in [7, 11) is -2.01. The highest BCUT2D eigenvalue weighted by Gasteiger charge is 2.16. The summed E-state index contributed by atoms with van der Waals surface area (Å²) < 4.78 is 32.4. The van der Waals surface area contributed by atoms with Gasteiger partial charge in [0.15, 0.2) is 0 Å². The molecule has 0 aliphatic rings. The zero-order chi connectivity index (χ0) is 19.9. The Morgan fingerprint density at radius 1 is 1.07 bits per heavy atom. The molecule has 7 heteroatoms. The summed E-state index contributed by atoms with van der Waals surface area (Å²) in [5, 5.41) is 2.81. The van der Waals surface area contributed by atoms with Gasteiger partial charge in [-0.1, -0.05) is 42.0 Å². The third kappa shape index (κ3) is 6.16. The zero-order valence-electron chi connectivity index (χ0n) is 15.9. The molecule has 2 rings (SSSR count). The van der Waals surface area contributed by atoms with Crippen LogP contribution in [0.25, 0.3) is 0 Å². The lowest BCUT2D eigenvalue weighted by Gasteiger charge is -2.11. The summed E-state index contributed by atoms with van der Waals surface area (Å²) in [6, 6.07) is 12.9. The molecular weight excluding hydrogens is 364 g/mol. The molecule has 0 fully saturated rings. The van der Waals surface area contributed by atoms with E-state index >= 15 is 0 Å². The topological polar surface area (TPSA) is 84.5 Å². The van der Waals surface area contributed by atoms with Gasteiger partial charge < -0.3 is 10.1 Å². The molecule has 2 N–H and O–H groups in total. The number of hydrogen-bond acceptors (Lipinski definition) is 4. The van der Waals surface area contributed by atoms with Crippen molar-refractivity contribution in [2.24, 2.45) is 0 Å². The monoisotopic (exact) mass is 390 g/mol. The highest BCUT2D eigenvalue weighted by atomic mass is 32.2. The van der Waals surface area contributed by atoms with Crippen LogP contribution in [0.3, 0.4) is 0 Å². The van der Waals surface area contributed by atoms with Crippen molar-refractivity contribution < 1.29 is 17.9 Å². The minimum Gasteiger partial charge on any atom is -0.380 e. The summed E-state index contributed by atoms with van der Waals surface area (Å²) in [6.07, 6.45) is 0.0661. The van der Waals surface area contributed by atoms with Gasteiger partial charge in [-0.15, -0.1) is 0 Å². The predicted octanol–water partition coefficient (Wildman–Crippen LogP) is 2.43. The maximum absolute atomic E-state index is 12.4. The van der Waals surface area contributed by atoms with Crippen molar-refractivity contribution in [3.8, 4) is 0 Å². The minimum absolute atomic E-state index is 0.0429. The maximum Gasteiger partial charge on any atom is 0.240 e. The van der Waals surface area contributed by atoms with Crippen LogP contribution in [-0.2, 0) is 32.7 Å². The Morgan fingerprint density at radius 3 is 2.44 bits per heavy atom. The molecule has 2 aromatic rings. The van der Waals surface area contributed by atoms with Gasteiger partial charge in [0.1, 0.15) is 0 Å². The molecule has 0 heterocycles. The van der Waals surface area contributed by atoms with E-state index in [0.717, 1.165) is 16.7 Å². The molecule has 0 spiro atoms. The summed E-state index contributed by atoms with van der Waals surface area (Å²) >= 11 is 0. The Hall–Kier alpha value is -2.22. The first-order valence-corrected chi connectivity index (χ1v) is 10.2. The molecule has 0 aliphatic carbocycles. The molecule has 27 heavy (non-hydrogen) atoms. The lowest BCUT2D eigenvalue weighted by molar-refractivity contribution is -0.121. The van der Waals surface area contributed by atoms with E-state index in [-0.39, 0.29) is 23.8 Å². The highest BCUT2D eigenvalue weighted by molar-refractivity contribution is 7.89. The first-order valence-electron chi connectivity index (χ1n) is 8.73. The SMILES string of the molecule is COCc1ccccc1CNC(=O)CCNS(=O)(=O)c1ccc(C)cc1C. The van der Waals surface area contributed by atoms with Crippen LogP contribution < -0.4 is 10.0 Å². The normalized spacial score (nSPS) is 11.4. The Labute approximate surface area is 161 Å². The number of aryl methyl sites for hydroxylation is 2. The Morgan fingerprint density at radius 2 is 1.78 bits per heavy atom. The molecule has 0 bridgehead atoms. The first kappa shape index (κ1) is 21.1. The van der Waals surface area contributed by atoms with Crippen LogP contribution in [0.4, 0.5) is 0 Å². The molecule has 0 atom stereocenters. The van der Waals surface area contributed by atoms with Gasteiger partial charge in [-0.3, -0.25) is 4.79 Å². The third-order valence-electron chi connectivity index (χ3n) is 4.16. The van der Waals surface area contributed by atoms with Crippen LogP contribution >= 0.6 is 0 Å². The number of sulfonamides is 1. The largest absolute Gasteiger partial charge is 0.380 e. The van der Waals surface area contributed by atoms with Crippen LogP contribution in [0, 0.1) is 13.8 Å². The smallest absolute Gasteiger partial charge is 0.240 e.